The predicted octanol–water partition coefficient (Wildman–Crippen LogP) is 1.75. The second kappa shape index (κ2) is 6.95. The highest BCUT2D eigenvalue weighted by atomic mass is 35.5. The monoisotopic (exact) mass is 325 g/mol. The Labute approximate surface area is 124 Å². The lowest BCUT2D eigenvalue weighted by Gasteiger charge is -2.21. The van der Waals surface area contributed by atoms with Crippen LogP contribution in [0.25, 0.3) is 0 Å². The zero-order valence-electron chi connectivity index (χ0n) is 10.9. The Kier molecular flexibility index (Phi) is 5.79. The van der Waals surface area contributed by atoms with E-state index in [1.54, 1.807) is 0 Å². The van der Waals surface area contributed by atoms with Gasteiger partial charge in [0.15, 0.2) is 0 Å². The summed E-state index contributed by atoms with van der Waals surface area (Å²) in [5.74, 6) is -0.778. The highest BCUT2D eigenvalue weighted by Gasteiger charge is 2.32. The van der Waals surface area contributed by atoms with Crippen LogP contribution < -0.4 is 16.2 Å². The number of aromatic nitrogens is 1. The molecule has 1 amide bonds. The molecule has 0 bridgehead atoms. The molecule has 1 saturated heterocycles. The highest BCUT2D eigenvalue weighted by Crippen LogP contribution is 2.29. The van der Waals surface area contributed by atoms with E-state index in [1.807, 2.05) is 4.98 Å². The van der Waals surface area contributed by atoms with Gasteiger partial charge in [0.25, 0.3) is 5.56 Å². The van der Waals surface area contributed by atoms with E-state index in [9.17, 15) is 22.8 Å². The van der Waals surface area contributed by atoms with Crippen molar-refractivity contribution in [1.29, 1.82) is 0 Å². The molecule has 9 heteroatoms. The fourth-order valence-corrected chi connectivity index (χ4v) is 2.05. The maximum absolute atomic E-state index is 12.5. The number of carbonyl (C=O) groups excluding carboxylic acids is 1. The fraction of sp³-hybridized carbons (Fsp3) is 0.500. The zero-order valence-corrected chi connectivity index (χ0v) is 11.7. The van der Waals surface area contributed by atoms with E-state index in [0.717, 1.165) is 13.0 Å². The number of hydrogen-bond donors (Lipinski definition) is 3. The number of hydrogen-bond acceptors (Lipinski definition) is 3. The van der Waals surface area contributed by atoms with Crippen LogP contribution in [-0.2, 0) is 11.0 Å². The Bertz CT molecular complexity index is 553. The molecule has 0 saturated carbocycles. The van der Waals surface area contributed by atoms with Gasteiger partial charge in [-0.05, 0) is 25.5 Å². The maximum Gasteiger partial charge on any atom is 0.417 e. The van der Waals surface area contributed by atoms with Gasteiger partial charge in [0.1, 0.15) is 5.69 Å². The molecule has 0 spiro atoms. The lowest BCUT2D eigenvalue weighted by Crippen LogP contribution is -2.38. The van der Waals surface area contributed by atoms with Gasteiger partial charge in [0.2, 0.25) is 5.91 Å². The Morgan fingerprint density at radius 1 is 1.38 bits per heavy atom. The van der Waals surface area contributed by atoms with Crippen molar-refractivity contribution in [3.8, 4) is 0 Å². The van der Waals surface area contributed by atoms with Gasteiger partial charge in [-0.15, -0.1) is 12.4 Å². The molecule has 1 aromatic heterocycles. The van der Waals surface area contributed by atoms with E-state index in [4.69, 9.17) is 0 Å². The number of pyridine rings is 1. The largest absolute Gasteiger partial charge is 0.417 e. The summed E-state index contributed by atoms with van der Waals surface area (Å²) in [6, 6.07) is 0.646. The van der Waals surface area contributed by atoms with Crippen LogP contribution >= 0.6 is 12.4 Å². The molecule has 5 nitrogen and oxygen atoms in total. The number of piperidine rings is 1. The van der Waals surface area contributed by atoms with Crippen LogP contribution in [-0.4, -0.2) is 24.0 Å². The smallest absolute Gasteiger partial charge is 0.327 e. The van der Waals surface area contributed by atoms with Crippen molar-refractivity contribution in [2.75, 3.05) is 18.4 Å². The van der Waals surface area contributed by atoms with E-state index < -0.39 is 23.2 Å². The normalized spacial score (nSPS) is 18.7. The van der Waals surface area contributed by atoms with Crippen molar-refractivity contribution >= 4 is 24.0 Å². The van der Waals surface area contributed by atoms with Crippen molar-refractivity contribution in [1.82, 2.24) is 10.3 Å². The summed E-state index contributed by atoms with van der Waals surface area (Å²) in [5, 5.41) is 5.29. The van der Waals surface area contributed by atoms with Crippen LogP contribution in [0, 0.1) is 5.92 Å². The second-order valence-corrected chi connectivity index (χ2v) is 4.66. The number of nitrogens with one attached hydrogen (secondary N) is 3. The summed E-state index contributed by atoms with van der Waals surface area (Å²) in [6.07, 6.45) is -2.52. The summed E-state index contributed by atoms with van der Waals surface area (Å²) < 4.78 is 37.6. The van der Waals surface area contributed by atoms with Crippen LogP contribution in [0.3, 0.4) is 0 Å². The third-order valence-electron chi connectivity index (χ3n) is 3.16. The van der Waals surface area contributed by atoms with Gasteiger partial charge < -0.3 is 15.6 Å². The van der Waals surface area contributed by atoms with Gasteiger partial charge in [0.05, 0.1) is 11.5 Å². The lowest BCUT2D eigenvalue weighted by atomic mass is 9.99. The molecule has 1 unspecified atom stereocenters. The Morgan fingerprint density at radius 2 is 2.10 bits per heavy atom. The van der Waals surface area contributed by atoms with Crippen molar-refractivity contribution in [2.24, 2.45) is 5.92 Å². The Morgan fingerprint density at radius 3 is 2.67 bits per heavy atom. The quantitative estimate of drug-likeness (QED) is 0.775. The van der Waals surface area contributed by atoms with E-state index in [0.29, 0.717) is 25.2 Å². The average molecular weight is 326 g/mol. The minimum atomic E-state index is -4.57. The molecule has 2 heterocycles. The van der Waals surface area contributed by atoms with Crippen molar-refractivity contribution in [3.05, 3.63) is 28.2 Å². The van der Waals surface area contributed by atoms with Crippen LogP contribution in [0.5, 0.6) is 0 Å². The van der Waals surface area contributed by atoms with Crippen molar-refractivity contribution in [3.63, 3.8) is 0 Å². The maximum atomic E-state index is 12.5. The summed E-state index contributed by atoms with van der Waals surface area (Å²) >= 11 is 0. The molecular formula is C12H15ClF3N3O2. The van der Waals surface area contributed by atoms with Gasteiger partial charge >= 0.3 is 6.18 Å². The van der Waals surface area contributed by atoms with E-state index in [2.05, 4.69) is 10.6 Å². The first-order valence-electron chi connectivity index (χ1n) is 6.19. The first-order chi connectivity index (χ1) is 9.38. The minimum absolute atomic E-state index is 0. The fourth-order valence-electron chi connectivity index (χ4n) is 2.05. The van der Waals surface area contributed by atoms with Crippen LogP contribution in [0.1, 0.15) is 18.4 Å². The van der Waals surface area contributed by atoms with Crippen molar-refractivity contribution in [2.45, 2.75) is 19.0 Å². The van der Waals surface area contributed by atoms with Crippen molar-refractivity contribution < 1.29 is 18.0 Å². The standard InChI is InChI=1S/C12H14F3N3O2.ClH/c13-12(14,15)8-4-9(11(20)17-6-8)18-10(19)7-2-1-3-16-5-7;/h4,6-7,16H,1-3,5H2,(H,17,20)(H,18,19);1H. The minimum Gasteiger partial charge on any atom is -0.327 e. The van der Waals surface area contributed by atoms with E-state index >= 15 is 0 Å². The summed E-state index contributed by atoms with van der Waals surface area (Å²) in [4.78, 5) is 25.3. The molecule has 2 rings (SSSR count). The van der Waals surface area contributed by atoms with Gasteiger partial charge in [-0.25, -0.2) is 0 Å². The summed E-state index contributed by atoms with van der Waals surface area (Å²) in [7, 11) is 0. The predicted molar refractivity (Wildman–Crippen MR) is 73.5 cm³/mol. The average Bonchev–Trinajstić information content (AvgIpc) is 2.41. The molecular weight excluding hydrogens is 311 g/mol. The number of H-pyrrole nitrogens is 1. The first-order valence-corrected chi connectivity index (χ1v) is 6.19. The molecule has 1 atom stereocenters. The Balaban J connectivity index is 0.00000220. The third-order valence-corrected chi connectivity index (χ3v) is 3.16. The number of aromatic amines is 1. The molecule has 1 aliphatic heterocycles. The van der Waals surface area contributed by atoms with Gasteiger partial charge in [-0.3, -0.25) is 9.59 Å². The van der Waals surface area contributed by atoms with E-state index in [1.165, 1.54) is 0 Å². The Hall–Kier alpha value is -1.54. The summed E-state index contributed by atoms with van der Waals surface area (Å²) in [5.41, 5.74) is -2.14. The summed E-state index contributed by atoms with van der Waals surface area (Å²) in [6.45, 7) is 1.27. The van der Waals surface area contributed by atoms with Crippen LogP contribution in [0.2, 0.25) is 0 Å². The van der Waals surface area contributed by atoms with Gasteiger partial charge in [-0.2, -0.15) is 13.2 Å². The third kappa shape index (κ3) is 4.47. The molecule has 0 aliphatic carbocycles. The lowest BCUT2D eigenvalue weighted by molar-refractivity contribution is -0.137. The molecule has 118 valence electrons. The number of anilines is 1. The SMILES string of the molecule is Cl.O=C(Nc1cc(C(F)(F)F)c[nH]c1=O)C1CCCNC1. The number of carbonyl (C=O) groups is 1. The first kappa shape index (κ1) is 17.5. The zero-order chi connectivity index (χ0) is 14.8. The second-order valence-electron chi connectivity index (χ2n) is 4.66. The number of rotatable bonds is 2. The van der Waals surface area contributed by atoms with Gasteiger partial charge in [-0.1, -0.05) is 0 Å². The highest BCUT2D eigenvalue weighted by molar-refractivity contribution is 5.92. The molecule has 0 radical (unpaired) electrons. The molecule has 1 fully saturated rings. The molecule has 3 N–H and O–H groups in total. The number of halogens is 4. The molecule has 21 heavy (non-hydrogen) atoms. The van der Waals surface area contributed by atoms with E-state index in [-0.39, 0.29) is 24.0 Å². The van der Waals surface area contributed by atoms with Gasteiger partial charge in [0, 0.05) is 12.7 Å². The number of alkyl halides is 3. The van der Waals surface area contributed by atoms with Crippen LogP contribution in [0.4, 0.5) is 18.9 Å². The molecule has 1 aliphatic rings. The number of amides is 1. The topological polar surface area (TPSA) is 74.0 Å². The van der Waals surface area contributed by atoms with Crippen LogP contribution in [0.15, 0.2) is 17.1 Å². The molecule has 0 aromatic carbocycles. The molecule has 1 aromatic rings.